The van der Waals surface area contributed by atoms with Crippen molar-refractivity contribution in [2.75, 3.05) is 0 Å². The fraction of sp³-hybridized carbons (Fsp3) is 0.538. The molecule has 0 aliphatic heterocycles. The summed E-state index contributed by atoms with van der Waals surface area (Å²) in [6.07, 6.45) is 1.71. The van der Waals surface area contributed by atoms with Crippen LogP contribution in [0, 0.1) is 0 Å². The van der Waals surface area contributed by atoms with Gasteiger partial charge in [0.25, 0.3) is 11.5 Å². The van der Waals surface area contributed by atoms with Crippen molar-refractivity contribution in [2.24, 2.45) is 0 Å². The van der Waals surface area contributed by atoms with E-state index >= 15 is 0 Å². The number of hydrogen-bond acceptors (Lipinski definition) is 2. The van der Waals surface area contributed by atoms with Crippen molar-refractivity contribution in [1.82, 2.24) is 10.3 Å². The molecule has 18 heavy (non-hydrogen) atoms. The van der Waals surface area contributed by atoms with Crippen LogP contribution in [0.25, 0.3) is 0 Å². The Labute approximate surface area is 115 Å². The van der Waals surface area contributed by atoms with Gasteiger partial charge in [-0.1, -0.05) is 13.3 Å². The van der Waals surface area contributed by atoms with Crippen LogP contribution >= 0.6 is 15.9 Å². The smallest absolute Gasteiger partial charge is 0.261 e. The summed E-state index contributed by atoms with van der Waals surface area (Å²) in [7, 11) is 0. The lowest BCUT2D eigenvalue weighted by atomic mass is 10.1. The normalized spacial score (nSPS) is 11.4. The lowest BCUT2D eigenvalue weighted by Gasteiger charge is -2.20. The van der Waals surface area contributed by atoms with Gasteiger partial charge in [0, 0.05) is 15.7 Å². The van der Waals surface area contributed by atoms with Crippen LogP contribution in [0.5, 0.6) is 0 Å². The van der Waals surface area contributed by atoms with Crippen LogP contribution in [-0.2, 0) is 6.42 Å². The summed E-state index contributed by atoms with van der Waals surface area (Å²) in [5, 5.41) is 2.78. The van der Waals surface area contributed by atoms with E-state index in [0.29, 0.717) is 0 Å². The summed E-state index contributed by atoms with van der Waals surface area (Å²) >= 11 is 3.38. The predicted octanol–water partition coefficient (Wildman–Crippen LogP) is 2.62. The molecular formula is C13H19BrN2O2. The third-order valence-corrected chi connectivity index (χ3v) is 3.01. The van der Waals surface area contributed by atoms with Crippen molar-refractivity contribution in [3.8, 4) is 0 Å². The number of aryl methyl sites for hydroxylation is 1. The number of carbonyl (C=O) groups excluding carboxylic acids is 1. The minimum absolute atomic E-state index is 0.136. The highest BCUT2D eigenvalue weighted by Gasteiger charge is 2.18. The van der Waals surface area contributed by atoms with Gasteiger partial charge in [-0.2, -0.15) is 0 Å². The number of aromatic nitrogens is 1. The molecule has 0 atom stereocenters. The molecule has 0 spiro atoms. The molecule has 0 fully saturated rings. The molecule has 1 aromatic heterocycles. The first kappa shape index (κ1) is 15.0. The van der Waals surface area contributed by atoms with Gasteiger partial charge in [-0.25, -0.2) is 0 Å². The van der Waals surface area contributed by atoms with E-state index in [1.54, 1.807) is 6.07 Å². The lowest BCUT2D eigenvalue weighted by molar-refractivity contribution is 0.0918. The highest BCUT2D eigenvalue weighted by atomic mass is 79.9. The molecule has 0 bridgehead atoms. The monoisotopic (exact) mass is 314 g/mol. The van der Waals surface area contributed by atoms with Crippen LogP contribution < -0.4 is 10.9 Å². The van der Waals surface area contributed by atoms with Crippen molar-refractivity contribution < 1.29 is 4.79 Å². The second-order valence-corrected chi connectivity index (χ2v) is 6.15. The number of aromatic amines is 1. The lowest BCUT2D eigenvalue weighted by Crippen LogP contribution is -2.42. The standard InChI is InChI=1S/C13H19BrN2O2/c1-5-6-10-9(14)7-8(11(17)15-10)12(18)16-13(2,3)4/h7H,5-6H2,1-4H3,(H,15,17)(H,16,18). The first-order chi connectivity index (χ1) is 8.24. The maximum absolute atomic E-state index is 12.0. The maximum atomic E-state index is 12.0. The van der Waals surface area contributed by atoms with Gasteiger partial charge < -0.3 is 10.3 Å². The second-order valence-electron chi connectivity index (χ2n) is 5.29. The number of pyridine rings is 1. The average Bonchev–Trinajstić information content (AvgIpc) is 2.20. The summed E-state index contributed by atoms with van der Waals surface area (Å²) in [5.41, 5.74) is 0.257. The Bertz CT molecular complexity index is 501. The van der Waals surface area contributed by atoms with Gasteiger partial charge in [0.2, 0.25) is 0 Å². The number of hydrogen-bond donors (Lipinski definition) is 2. The third-order valence-electron chi connectivity index (χ3n) is 2.30. The van der Waals surface area contributed by atoms with Crippen molar-refractivity contribution in [2.45, 2.75) is 46.1 Å². The molecule has 4 nitrogen and oxygen atoms in total. The van der Waals surface area contributed by atoms with Gasteiger partial charge in [0.1, 0.15) is 5.56 Å². The molecule has 0 saturated heterocycles. The first-order valence-electron chi connectivity index (χ1n) is 5.99. The third kappa shape index (κ3) is 3.98. The van der Waals surface area contributed by atoms with E-state index in [9.17, 15) is 9.59 Å². The summed E-state index contributed by atoms with van der Waals surface area (Å²) < 4.78 is 0.767. The maximum Gasteiger partial charge on any atom is 0.261 e. The molecule has 0 saturated carbocycles. The Morgan fingerprint density at radius 3 is 2.56 bits per heavy atom. The predicted molar refractivity (Wildman–Crippen MR) is 76.0 cm³/mol. The van der Waals surface area contributed by atoms with Crippen molar-refractivity contribution in [3.05, 3.63) is 32.2 Å². The van der Waals surface area contributed by atoms with E-state index in [-0.39, 0.29) is 22.6 Å². The van der Waals surface area contributed by atoms with E-state index in [2.05, 4.69) is 26.2 Å². The summed E-state index contributed by atoms with van der Waals surface area (Å²) in [4.78, 5) is 26.6. The quantitative estimate of drug-likeness (QED) is 0.901. The van der Waals surface area contributed by atoms with Gasteiger partial charge in [-0.15, -0.1) is 0 Å². The molecular weight excluding hydrogens is 296 g/mol. The highest BCUT2D eigenvalue weighted by molar-refractivity contribution is 9.10. The van der Waals surface area contributed by atoms with Gasteiger partial charge in [-0.05, 0) is 49.2 Å². The van der Waals surface area contributed by atoms with Crippen molar-refractivity contribution in [3.63, 3.8) is 0 Å². The molecule has 1 aromatic rings. The van der Waals surface area contributed by atoms with Gasteiger partial charge in [0.15, 0.2) is 0 Å². The van der Waals surface area contributed by atoms with Crippen LogP contribution in [0.4, 0.5) is 0 Å². The topological polar surface area (TPSA) is 62.0 Å². The van der Waals surface area contributed by atoms with Crippen molar-refractivity contribution in [1.29, 1.82) is 0 Å². The molecule has 0 aliphatic carbocycles. The number of rotatable bonds is 3. The molecule has 100 valence electrons. The zero-order valence-corrected chi connectivity index (χ0v) is 12.8. The molecule has 0 radical (unpaired) electrons. The summed E-state index contributed by atoms with van der Waals surface area (Å²) in [6, 6.07) is 1.59. The molecule has 0 aliphatic rings. The number of amides is 1. The Kier molecular flexibility index (Phi) is 4.73. The Morgan fingerprint density at radius 2 is 2.06 bits per heavy atom. The fourth-order valence-electron chi connectivity index (χ4n) is 1.55. The number of H-pyrrole nitrogens is 1. The van der Waals surface area contributed by atoms with E-state index in [4.69, 9.17) is 0 Å². The van der Waals surface area contributed by atoms with E-state index < -0.39 is 0 Å². The zero-order valence-electron chi connectivity index (χ0n) is 11.2. The van der Waals surface area contributed by atoms with Gasteiger partial charge in [0.05, 0.1) is 0 Å². The van der Waals surface area contributed by atoms with Crippen LogP contribution in [0.15, 0.2) is 15.3 Å². The van der Waals surface area contributed by atoms with E-state index in [0.717, 1.165) is 23.0 Å². The van der Waals surface area contributed by atoms with E-state index in [1.807, 2.05) is 27.7 Å². The zero-order chi connectivity index (χ0) is 13.9. The number of halogens is 1. The van der Waals surface area contributed by atoms with Crippen LogP contribution in [0.1, 0.15) is 50.2 Å². The van der Waals surface area contributed by atoms with Crippen LogP contribution in [0.3, 0.4) is 0 Å². The highest BCUT2D eigenvalue weighted by Crippen LogP contribution is 2.16. The second kappa shape index (κ2) is 5.69. The summed E-state index contributed by atoms with van der Waals surface area (Å²) in [6.45, 7) is 7.66. The molecule has 2 N–H and O–H groups in total. The Balaban J connectivity index is 3.08. The number of carbonyl (C=O) groups is 1. The largest absolute Gasteiger partial charge is 0.347 e. The van der Waals surface area contributed by atoms with Crippen molar-refractivity contribution >= 4 is 21.8 Å². The van der Waals surface area contributed by atoms with Gasteiger partial charge >= 0.3 is 0 Å². The molecule has 5 heteroatoms. The molecule has 1 heterocycles. The molecule has 1 rings (SSSR count). The minimum atomic E-state index is -0.363. The van der Waals surface area contributed by atoms with E-state index in [1.165, 1.54) is 0 Å². The Hall–Kier alpha value is -1.10. The first-order valence-corrected chi connectivity index (χ1v) is 6.78. The van der Waals surface area contributed by atoms with Gasteiger partial charge in [-0.3, -0.25) is 9.59 Å². The fourth-order valence-corrected chi connectivity index (χ4v) is 2.08. The number of nitrogens with one attached hydrogen (secondary N) is 2. The van der Waals surface area contributed by atoms with Crippen LogP contribution in [0.2, 0.25) is 0 Å². The molecule has 0 aromatic carbocycles. The summed E-state index contributed by atoms with van der Waals surface area (Å²) in [5.74, 6) is -0.354. The average molecular weight is 315 g/mol. The molecule has 0 unspecified atom stereocenters. The Morgan fingerprint density at radius 1 is 1.44 bits per heavy atom. The molecule has 1 amide bonds. The van der Waals surface area contributed by atoms with Crippen LogP contribution in [-0.4, -0.2) is 16.4 Å². The SMILES string of the molecule is CCCc1[nH]c(=O)c(C(=O)NC(C)(C)C)cc1Br. The minimum Gasteiger partial charge on any atom is -0.347 e.